The number of carboxylic acids is 1. The highest BCUT2D eigenvalue weighted by Crippen LogP contribution is 2.40. The van der Waals surface area contributed by atoms with Gasteiger partial charge in [0.25, 0.3) is 0 Å². The van der Waals surface area contributed by atoms with Gasteiger partial charge in [0.05, 0.1) is 5.41 Å². The first-order chi connectivity index (χ1) is 10.1. The number of amides is 2. The molecule has 2 bridgehead atoms. The summed E-state index contributed by atoms with van der Waals surface area (Å²) in [5.74, 6) is -0.0478. The molecule has 3 fully saturated rings. The predicted octanol–water partition coefficient (Wildman–Crippen LogP) is 2.56. The van der Waals surface area contributed by atoms with Gasteiger partial charge in [-0.05, 0) is 44.4 Å². The van der Waals surface area contributed by atoms with Crippen LogP contribution >= 0.6 is 0 Å². The molecule has 0 spiro atoms. The zero-order valence-corrected chi connectivity index (χ0v) is 12.9. The Bertz CT molecular complexity index is 435. The lowest BCUT2D eigenvalue weighted by molar-refractivity contribution is -0.152. The molecule has 3 unspecified atom stereocenters. The van der Waals surface area contributed by atoms with Crippen molar-refractivity contribution in [2.45, 2.75) is 57.9 Å². The summed E-state index contributed by atoms with van der Waals surface area (Å²) in [5, 5.41) is 9.64. The average molecular weight is 294 g/mol. The molecule has 1 aliphatic carbocycles. The molecular formula is C16H26N2O3. The number of carbonyl (C=O) groups excluding carboxylic acids is 1. The number of nitrogens with zero attached hydrogens (tertiary/aromatic N) is 2. The highest BCUT2D eigenvalue weighted by Gasteiger charge is 2.46. The number of hydrogen-bond donors (Lipinski definition) is 1. The summed E-state index contributed by atoms with van der Waals surface area (Å²) in [4.78, 5) is 28.3. The zero-order chi connectivity index (χ0) is 15.0. The van der Waals surface area contributed by atoms with E-state index in [2.05, 4.69) is 0 Å². The molecule has 2 heterocycles. The fraction of sp³-hybridized carbons (Fsp3) is 0.875. The molecule has 5 heteroatoms. The Morgan fingerprint density at radius 1 is 1.33 bits per heavy atom. The second kappa shape index (κ2) is 5.50. The minimum Gasteiger partial charge on any atom is -0.481 e. The lowest BCUT2D eigenvalue weighted by atomic mass is 9.76. The normalized spacial score (nSPS) is 35.3. The lowest BCUT2D eigenvalue weighted by Crippen LogP contribution is -2.54. The van der Waals surface area contributed by atoms with Crippen LogP contribution in [0.1, 0.15) is 51.9 Å². The van der Waals surface area contributed by atoms with Crippen LogP contribution in [0.5, 0.6) is 0 Å². The Balaban J connectivity index is 1.70. The van der Waals surface area contributed by atoms with E-state index in [-0.39, 0.29) is 6.03 Å². The number of carbonyl (C=O) groups is 2. The van der Waals surface area contributed by atoms with Crippen LogP contribution in [-0.2, 0) is 4.79 Å². The molecule has 2 amide bonds. The fourth-order valence-electron chi connectivity index (χ4n) is 4.60. The maximum Gasteiger partial charge on any atom is 0.320 e. The van der Waals surface area contributed by atoms with Crippen molar-refractivity contribution in [3.8, 4) is 0 Å². The van der Waals surface area contributed by atoms with E-state index in [0.29, 0.717) is 37.9 Å². The van der Waals surface area contributed by atoms with Crippen LogP contribution in [-0.4, -0.2) is 52.6 Å². The van der Waals surface area contributed by atoms with Gasteiger partial charge in [0.2, 0.25) is 0 Å². The molecule has 3 aliphatic rings. The van der Waals surface area contributed by atoms with Gasteiger partial charge in [-0.2, -0.15) is 0 Å². The molecule has 0 aromatic carbocycles. The molecule has 3 atom stereocenters. The molecule has 3 rings (SSSR count). The van der Waals surface area contributed by atoms with E-state index in [1.54, 1.807) is 0 Å². The predicted molar refractivity (Wildman–Crippen MR) is 79.0 cm³/mol. The third kappa shape index (κ3) is 2.51. The topological polar surface area (TPSA) is 60.9 Å². The van der Waals surface area contributed by atoms with Crippen molar-refractivity contribution in [3.05, 3.63) is 0 Å². The summed E-state index contributed by atoms with van der Waals surface area (Å²) in [6, 6.07) is 0.499. The maximum atomic E-state index is 12.8. The third-order valence-corrected chi connectivity index (χ3v) is 5.68. The quantitative estimate of drug-likeness (QED) is 0.870. The molecule has 5 nitrogen and oxygen atoms in total. The molecule has 21 heavy (non-hydrogen) atoms. The van der Waals surface area contributed by atoms with E-state index in [1.165, 1.54) is 6.42 Å². The van der Waals surface area contributed by atoms with Gasteiger partial charge in [-0.25, -0.2) is 4.79 Å². The second-order valence-corrected chi connectivity index (χ2v) is 7.13. The van der Waals surface area contributed by atoms with Crippen LogP contribution in [0.2, 0.25) is 0 Å². The van der Waals surface area contributed by atoms with E-state index in [1.807, 2.05) is 16.7 Å². The number of carboxylic acid groups (broad SMARTS) is 1. The Labute approximate surface area is 126 Å². The van der Waals surface area contributed by atoms with Crippen LogP contribution < -0.4 is 0 Å². The molecule has 1 N–H and O–H groups in total. The van der Waals surface area contributed by atoms with Gasteiger partial charge in [-0.15, -0.1) is 0 Å². The first-order valence-corrected chi connectivity index (χ1v) is 8.34. The number of likely N-dealkylation sites (tertiary alicyclic amines) is 2. The van der Waals surface area contributed by atoms with E-state index in [4.69, 9.17) is 0 Å². The van der Waals surface area contributed by atoms with Gasteiger partial charge < -0.3 is 14.9 Å². The number of aliphatic carboxylic acids is 1. The lowest BCUT2D eigenvalue weighted by Gasteiger charge is -2.42. The molecule has 0 aromatic heterocycles. The number of piperidine rings is 2. The summed E-state index contributed by atoms with van der Waals surface area (Å²) in [7, 11) is 0. The summed E-state index contributed by atoms with van der Waals surface area (Å²) in [6.45, 7) is 4.01. The van der Waals surface area contributed by atoms with Gasteiger partial charge in [0.15, 0.2) is 0 Å². The number of urea groups is 1. The monoisotopic (exact) mass is 294 g/mol. The Hall–Kier alpha value is -1.26. The zero-order valence-electron chi connectivity index (χ0n) is 12.9. The smallest absolute Gasteiger partial charge is 0.320 e. The highest BCUT2D eigenvalue weighted by molar-refractivity contribution is 5.79. The van der Waals surface area contributed by atoms with Crippen LogP contribution in [0.15, 0.2) is 0 Å². The first kappa shape index (κ1) is 14.7. The van der Waals surface area contributed by atoms with Crippen molar-refractivity contribution in [1.29, 1.82) is 0 Å². The fourth-order valence-corrected chi connectivity index (χ4v) is 4.60. The Morgan fingerprint density at radius 3 is 2.71 bits per heavy atom. The molecule has 118 valence electrons. The summed E-state index contributed by atoms with van der Waals surface area (Å²) in [5.41, 5.74) is -0.721. The van der Waals surface area contributed by atoms with Crippen LogP contribution in [0, 0.1) is 11.3 Å². The maximum absolute atomic E-state index is 12.8. The number of fused-ring (bicyclic) bond motifs is 2. The van der Waals surface area contributed by atoms with E-state index in [9.17, 15) is 14.7 Å². The van der Waals surface area contributed by atoms with Crippen molar-refractivity contribution in [3.63, 3.8) is 0 Å². The van der Waals surface area contributed by atoms with Crippen LogP contribution in [0.25, 0.3) is 0 Å². The minimum absolute atomic E-state index is 0.0867. The second-order valence-electron chi connectivity index (χ2n) is 7.13. The standard InChI is InChI=1S/C16H26N2O3/c1-2-6-16(14(19)20)7-3-8-17(11-16)15(21)18-10-12-4-5-13(18)9-12/h12-13H,2-11H2,1H3,(H,19,20). The van der Waals surface area contributed by atoms with Gasteiger partial charge in [0, 0.05) is 25.7 Å². The van der Waals surface area contributed by atoms with E-state index >= 15 is 0 Å². The largest absolute Gasteiger partial charge is 0.481 e. The van der Waals surface area contributed by atoms with Crippen molar-refractivity contribution in [2.75, 3.05) is 19.6 Å². The van der Waals surface area contributed by atoms with E-state index in [0.717, 1.165) is 32.2 Å². The van der Waals surface area contributed by atoms with Crippen LogP contribution in [0.3, 0.4) is 0 Å². The highest BCUT2D eigenvalue weighted by atomic mass is 16.4. The van der Waals surface area contributed by atoms with Gasteiger partial charge in [0.1, 0.15) is 0 Å². The molecule has 0 aromatic rings. The van der Waals surface area contributed by atoms with Crippen LogP contribution in [0.4, 0.5) is 4.79 Å². The molecule has 2 aliphatic heterocycles. The summed E-state index contributed by atoms with van der Waals surface area (Å²) >= 11 is 0. The molecule has 0 radical (unpaired) electrons. The van der Waals surface area contributed by atoms with Gasteiger partial charge in [-0.3, -0.25) is 4.79 Å². The average Bonchev–Trinajstić information content (AvgIpc) is 3.09. The third-order valence-electron chi connectivity index (χ3n) is 5.68. The van der Waals surface area contributed by atoms with Gasteiger partial charge >= 0.3 is 12.0 Å². The SMILES string of the molecule is CCCC1(C(=O)O)CCCN(C(=O)N2CC3CCC2C3)C1. The number of rotatable bonds is 3. The Kier molecular flexibility index (Phi) is 3.84. The van der Waals surface area contributed by atoms with Crippen molar-refractivity contribution in [1.82, 2.24) is 9.80 Å². The minimum atomic E-state index is -0.732. The van der Waals surface area contributed by atoms with E-state index < -0.39 is 11.4 Å². The number of hydrogen-bond acceptors (Lipinski definition) is 2. The molecule has 1 saturated carbocycles. The van der Waals surface area contributed by atoms with Crippen molar-refractivity contribution < 1.29 is 14.7 Å². The van der Waals surface area contributed by atoms with Gasteiger partial charge in [-0.1, -0.05) is 13.3 Å². The molecular weight excluding hydrogens is 268 g/mol. The Morgan fingerprint density at radius 2 is 2.14 bits per heavy atom. The summed E-state index contributed by atoms with van der Waals surface area (Å²) in [6.07, 6.45) is 6.55. The molecule has 2 saturated heterocycles. The van der Waals surface area contributed by atoms with Crippen molar-refractivity contribution in [2.24, 2.45) is 11.3 Å². The first-order valence-electron chi connectivity index (χ1n) is 8.34. The summed E-state index contributed by atoms with van der Waals surface area (Å²) < 4.78 is 0. The van der Waals surface area contributed by atoms with Crippen molar-refractivity contribution >= 4 is 12.0 Å².